The second kappa shape index (κ2) is 7.12. The van der Waals surface area contributed by atoms with Crippen LogP contribution >= 0.6 is 39.0 Å². The van der Waals surface area contributed by atoms with Gasteiger partial charge < -0.3 is 10.1 Å². The van der Waals surface area contributed by atoms with Crippen molar-refractivity contribution in [3.05, 3.63) is 28.2 Å². The van der Waals surface area contributed by atoms with Crippen LogP contribution in [0.3, 0.4) is 0 Å². The molecule has 0 saturated carbocycles. The number of ether oxygens (including phenoxy) is 1. The van der Waals surface area contributed by atoms with Crippen LogP contribution < -0.4 is 10.1 Å². The highest BCUT2D eigenvalue weighted by Crippen LogP contribution is 2.32. The quantitative estimate of drug-likeness (QED) is 0.788. The first kappa shape index (κ1) is 14.6. The number of hydrogen-bond acceptors (Lipinski definition) is 6. The Bertz CT molecular complexity index is 548. The van der Waals surface area contributed by atoms with E-state index >= 15 is 0 Å². The van der Waals surface area contributed by atoms with Crippen molar-refractivity contribution in [3.63, 3.8) is 0 Å². The number of benzene rings is 1. The molecule has 0 atom stereocenters. The van der Waals surface area contributed by atoms with E-state index in [2.05, 4.69) is 37.5 Å². The van der Waals surface area contributed by atoms with Crippen molar-refractivity contribution in [1.29, 1.82) is 0 Å². The lowest BCUT2D eigenvalue weighted by atomic mass is 10.2. The van der Waals surface area contributed by atoms with Gasteiger partial charge in [0.15, 0.2) is 4.34 Å². The third kappa shape index (κ3) is 4.09. The first-order chi connectivity index (χ1) is 9.22. The molecule has 4 nitrogen and oxygen atoms in total. The zero-order chi connectivity index (χ0) is 13.7. The SMILES string of the molecule is CCNc1nnc(SCc2cc(Br)ccc2OC)s1. The minimum absolute atomic E-state index is 0.809. The molecular weight excluding hydrogens is 346 g/mol. The van der Waals surface area contributed by atoms with Crippen LogP contribution in [0.25, 0.3) is 0 Å². The lowest BCUT2D eigenvalue weighted by Crippen LogP contribution is -1.94. The molecule has 19 heavy (non-hydrogen) atoms. The molecule has 1 N–H and O–H groups in total. The minimum Gasteiger partial charge on any atom is -0.496 e. The molecule has 102 valence electrons. The van der Waals surface area contributed by atoms with E-state index in [4.69, 9.17) is 4.74 Å². The van der Waals surface area contributed by atoms with Gasteiger partial charge in [-0.3, -0.25) is 0 Å². The molecule has 2 aromatic rings. The summed E-state index contributed by atoms with van der Waals surface area (Å²) in [5.41, 5.74) is 1.14. The van der Waals surface area contributed by atoms with E-state index in [-0.39, 0.29) is 0 Å². The van der Waals surface area contributed by atoms with Crippen molar-refractivity contribution in [2.24, 2.45) is 0 Å². The summed E-state index contributed by atoms with van der Waals surface area (Å²) in [6, 6.07) is 6.00. The van der Waals surface area contributed by atoms with Gasteiger partial charge in [-0.15, -0.1) is 10.2 Å². The summed E-state index contributed by atoms with van der Waals surface area (Å²) in [5, 5.41) is 12.2. The number of nitrogens with one attached hydrogen (secondary N) is 1. The average Bonchev–Trinajstić information content (AvgIpc) is 2.85. The number of aromatic nitrogens is 2. The molecule has 0 saturated heterocycles. The first-order valence-electron chi connectivity index (χ1n) is 5.75. The fourth-order valence-corrected chi connectivity index (χ4v) is 3.70. The number of rotatable bonds is 6. The van der Waals surface area contributed by atoms with Crippen LogP contribution in [0, 0.1) is 0 Å². The summed E-state index contributed by atoms with van der Waals surface area (Å²) < 4.78 is 7.36. The maximum Gasteiger partial charge on any atom is 0.206 e. The highest BCUT2D eigenvalue weighted by molar-refractivity contribution is 9.10. The van der Waals surface area contributed by atoms with E-state index in [9.17, 15) is 0 Å². The van der Waals surface area contributed by atoms with Gasteiger partial charge in [0, 0.05) is 22.3 Å². The fraction of sp³-hybridized carbons (Fsp3) is 0.333. The van der Waals surface area contributed by atoms with Crippen molar-refractivity contribution in [1.82, 2.24) is 10.2 Å². The molecule has 0 bridgehead atoms. The fourth-order valence-electron chi connectivity index (χ4n) is 1.49. The van der Waals surface area contributed by atoms with E-state index in [0.29, 0.717) is 0 Å². The van der Waals surface area contributed by atoms with Crippen LogP contribution in [0.2, 0.25) is 0 Å². The number of nitrogens with zero attached hydrogens (tertiary/aromatic N) is 2. The minimum atomic E-state index is 0.809. The van der Waals surface area contributed by atoms with E-state index in [1.807, 2.05) is 19.1 Å². The first-order valence-corrected chi connectivity index (χ1v) is 8.35. The van der Waals surface area contributed by atoms with Gasteiger partial charge in [0.25, 0.3) is 0 Å². The number of hydrogen-bond donors (Lipinski definition) is 1. The van der Waals surface area contributed by atoms with Gasteiger partial charge >= 0.3 is 0 Å². The Labute approximate surface area is 129 Å². The Morgan fingerprint density at radius 1 is 1.42 bits per heavy atom. The maximum absolute atomic E-state index is 5.35. The molecule has 1 aromatic heterocycles. The van der Waals surface area contributed by atoms with Crippen LogP contribution in [0.1, 0.15) is 12.5 Å². The van der Waals surface area contributed by atoms with E-state index in [1.54, 1.807) is 30.2 Å². The average molecular weight is 360 g/mol. The standard InChI is InChI=1S/C12H14BrN3OS2/c1-3-14-11-15-16-12(19-11)18-7-8-6-9(13)4-5-10(8)17-2/h4-6H,3,7H2,1-2H3,(H,14,15). The summed E-state index contributed by atoms with van der Waals surface area (Å²) in [6.07, 6.45) is 0. The molecule has 7 heteroatoms. The van der Waals surface area contributed by atoms with E-state index < -0.39 is 0 Å². The van der Waals surface area contributed by atoms with Gasteiger partial charge in [-0.2, -0.15) is 0 Å². The van der Waals surface area contributed by atoms with Crippen molar-refractivity contribution in [3.8, 4) is 5.75 Å². The molecule has 0 radical (unpaired) electrons. The van der Waals surface area contributed by atoms with Crippen molar-refractivity contribution < 1.29 is 4.74 Å². The smallest absolute Gasteiger partial charge is 0.206 e. The van der Waals surface area contributed by atoms with E-state index in [0.717, 1.165) is 37.6 Å². The van der Waals surface area contributed by atoms with Gasteiger partial charge in [-0.05, 0) is 25.1 Å². The molecule has 2 rings (SSSR count). The molecule has 1 heterocycles. The zero-order valence-corrected chi connectivity index (χ0v) is 13.9. The van der Waals surface area contributed by atoms with Crippen LogP contribution in [-0.4, -0.2) is 23.9 Å². The topological polar surface area (TPSA) is 47.0 Å². The molecule has 0 amide bonds. The predicted molar refractivity (Wildman–Crippen MR) is 84.3 cm³/mol. The summed E-state index contributed by atoms with van der Waals surface area (Å²) in [5.74, 6) is 1.70. The lowest BCUT2D eigenvalue weighted by molar-refractivity contribution is 0.411. The number of methoxy groups -OCH3 is 1. The molecule has 0 aliphatic rings. The van der Waals surface area contributed by atoms with Crippen molar-refractivity contribution >= 4 is 44.2 Å². The highest BCUT2D eigenvalue weighted by atomic mass is 79.9. The monoisotopic (exact) mass is 359 g/mol. The third-order valence-corrected chi connectivity index (χ3v) is 4.88. The normalized spacial score (nSPS) is 10.5. The largest absolute Gasteiger partial charge is 0.496 e. The van der Waals surface area contributed by atoms with E-state index in [1.165, 1.54) is 0 Å². The van der Waals surface area contributed by atoms with Crippen LogP contribution in [0.15, 0.2) is 27.0 Å². The van der Waals surface area contributed by atoms with Crippen LogP contribution in [0.5, 0.6) is 5.75 Å². The molecule has 0 spiro atoms. The van der Waals surface area contributed by atoms with Gasteiger partial charge in [-0.1, -0.05) is 39.0 Å². The number of thioether (sulfide) groups is 1. The van der Waals surface area contributed by atoms with Gasteiger partial charge in [0.2, 0.25) is 5.13 Å². The Morgan fingerprint density at radius 2 is 2.26 bits per heavy atom. The van der Waals surface area contributed by atoms with Gasteiger partial charge in [0.1, 0.15) is 5.75 Å². The summed E-state index contributed by atoms with van der Waals surface area (Å²) >= 11 is 6.71. The second-order valence-electron chi connectivity index (χ2n) is 3.65. The van der Waals surface area contributed by atoms with Crippen LogP contribution in [-0.2, 0) is 5.75 Å². The lowest BCUT2D eigenvalue weighted by Gasteiger charge is -2.07. The van der Waals surface area contributed by atoms with Crippen LogP contribution in [0.4, 0.5) is 5.13 Å². The zero-order valence-electron chi connectivity index (χ0n) is 10.6. The van der Waals surface area contributed by atoms with Gasteiger partial charge in [0.05, 0.1) is 7.11 Å². The Morgan fingerprint density at radius 3 is 3.00 bits per heavy atom. The Kier molecular flexibility index (Phi) is 5.47. The second-order valence-corrected chi connectivity index (χ2v) is 6.76. The molecule has 0 aliphatic heterocycles. The molecule has 0 fully saturated rings. The van der Waals surface area contributed by atoms with Gasteiger partial charge in [-0.25, -0.2) is 0 Å². The Balaban J connectivity index is 2.03. The molecule has 0 aliphatic carbocycles. The molecular formula is C12H14BrN3OS2. The maximum atomic E-state index is 5.35. The van der Waals surface area contributed by atoms with Crippen molar-refractivity contribution in [2.45, 2.75) is 17.0 Å². The summed E-state index contributed by atoms with van der Waals surface area (Å²) in [6.45, 7) is 2.90. The summed E-state index contributed by atoms with van der Waals surface area (Å²) in [7, 11) is 1.69. The highest BCUT2D eigenvalue weighted by Gasteiger charge is 2.08. The Hall–Kier alpha value is -0.790. The summed E-state index contributed by atoms with van der Waals surface area (Å²) in [4.78, 5) is 0. The third-order valence-electron chi connectivity index (χ3n) is 2.33. The number of halogens is 1. The molecule has 1 aromatic carbocycles. The van der Waals surface area contributed by atoms with Crippen molar-refractivity contribution in [2.75, 3.05) is 19.0 Å². The predicted octanol–water partition coefficient (Wildman–Crippen LogP) is 4.03. The molecule has 0 unspecified atom stereocenters. The number of anilines is 1.